The molecule has 1 unspecified atom stereocenters. The molecule has 0 spiro atoms. The summed E-state index contributed by atoms with van der Waals surface area (Å²) in [6, 6.07) is 6.98. The van der Waals surface area contributed by atoms with Crippen LogP contribution in [0.15, 0.2) is 24.3 Å². The lowest BCUT2D eigenvalue weighted by molar-refractivity contribution is 0.101. The van der Waals surface area contributed by atoms with Crippen LogP contribution >= 0.6 is 0 Å². The average Bonchev–Trinajstić information content (AvgIpc) is 2.38. The SMILES string of the molecule is CCN(CC(C)C)C(C)(CN)Cc1ccccc1F. The second-order valence-electron chi connectivity index (χ2n) is 5.90. The number of hydrogen-bond acceptors (Lipinski definition) is 2. The first-order valence-electron chi connectivity index (χ1n) is 7.11. The van der Waals surface area contributed by atoms with Crippen molar-refractivity contribution < 1.29 is 4.39 Å². The molecular weight excluding hydrogens is 239 g/mol. The molecule has 0 aliphatic carbocycles. The zero-order valence-corrected chi connectivity index (χ0v) is 12.6. The zero-order chi connectivity index (χ0) is 14.5. The van der Waals surface area contributed by atoms with E-state index in [2.05, 4.69) is 32.6 Å². The minimum absolute atomic E-state index is 0.136. The topological polar surface area (TPSA) is 29.3 Å². The van der Waals surface area contributed by atoms with E-state index in [4.69, 9.17) is 5.73 Å². The Kier molecular flexibility index (Phi) is 5.95. The van der Waals surface area contributed by atoms with Gasteiger partial charge in [-0.1, -0.05) is 39.0 Å². The molecule has 0 fully saturated rings. The summed E-state index contributed by atoms with van der Waals surface area (Å²) >= 11 is 0. The number of rotatable bonds is 7. The highest BCUT2D eigenvalue weighted by molar-refractivity contribution is 5.20. The largest absolute Gasteiger partial charge is 0.329 e. The van der Waals surface area contributed by atoms with E-state index in [0.29, 0.717) is 18.9 Å². The van der Waals surface area contributed by atoms with E-state index < -0.39 is 0 Å². The normalized spacial score (nSPS) is 14.9. The third-order valence-electron chi connectivity index (χ3n) is 3.70. The van der Waals surface area contributed by atoms with E-state index in [1.165, 1.54) is 6.07 Å². The molecule has 1 atom stereocenters. The number of benzene rings is 1. The van der Waals surface area contributed by atoms with Crippen molar-refractivity contribution in [1.82, 2.24) is 4.90 Å². The fourth-order valence-electron chi connectivity index (χ4n) is 2.54. The summed E-state index contributed by atoms with van der Waals surface area (Å²) < 4.78 is 13.8. The van der Waals surface area contributed by atoms with Crippen LogP contribution in [0.1, 0.15) is 33.3 Å². The number of hydrogen-bond donors (Lipinski definition) is 1. The lowest BCUT2D eigenvalue weighted by Crippen LogP contribution is -2.54. The highest BCUT2D eigenvalue weighted by atomic mass is 19.1. The van der Waals surface area contributed by atoms with Gasteiger partial charge in [0.1, 0.15) is 5.82 Å². The summed E-state index contributed by atoms with van der Waals surface area (Å²) in [6.07, 6.45) is 0.650. The maximum absolute atomic E-state index is 13.8. The summed E-state index contributed by atoms with van der Waals surface area (Å²) in [7, 11) is 0. The summed E-state index contributed by atoms with van der Waals surface area (Å²) in [5, 5.41) is 0. The van der Waals surface area contributed by atoms with Crippen LogP contribution in [0, 0.1) is 11.7 Å². The van der Waals surface area contributed by atoms with E-state index in [9.17, 15) is 4.39 Å². The summed E-state index contributed by atoms with van der Waals surface area (Å²) in [5.41, 5.74) is 6.55. The molecular formula is C16H27FN2. The third kappa shape index (κ3) is 4.29. The second kappa shape index (κ2) is 7.01. The Bertz CT molecular complexity index is 392. The molecule has 0 amide bonds. The first kappa shape index (κ1) is 16.1. The molecule has 2 nitrogen and oxygen atoms in total. The summed E-state index contributed by atoms with van der Waals surface area (Å²) in [6.45, 7) is 11.1. The maximum Gasteiger partial charge on any atom is 0.126 e. The van der Waals surface area contributed by atoms with Crippen LogP contribution in [-0.2, 0) is 6.42 Å². The van der Waals surface area contributed by atoms with E-state index >= 15 is 0 Å². The van der Waals surface area contributed by atoms with Crippen molar-refractivity contribution in [2.45, 2.75) is 39.7 Å². The van der Waals surface area contributed by atoms with Crippen LogP contribution < -0.4 is 5.73 Å². The standard InChI is InChI=1S/C16H27FN2/c1-5-19(11-13(2)3)16(4,12-18)10-14-8-6-7-9-15(14)17/h6-9,13H,5,10-12,18H2,1-4H3. The molecule has 3 heteroatoms. The number of nitrogens with zero attached hydrogens (tertiary/aromatic N) is 1. The van der Waals surface area contributed by atoms with E-state index in [1.807, 2.05) is 12.1 Å². The molecule has 0 bridgehead atoms. The molecule has 108 valence electrons. The minimum atomic E-state index is -0.193. The van der Waals surface area contributed by atoms with Gasteiger partial charge in [0, 0.05) is 18.6 Å². The average molecular weight is 266 g/mol. The van der Waals surface area contributed by atoms with Crippen LogP contribution in [0.2, 0.25) is 0 Å². The zero-order valence-electron chi connectivity index (χ0n) is 12.6. The van der Waals surface area contributed by atoms with Gasteiger partial charge in [-0.15, -0.1) is 0 Å². The third-order valence-corrected chi connectivity index (χ3v) is 3.70. The van der Waals surface area contributed by atoms with Gasteiger partial charge in [-0.2, -0.15) is 0 Å². The Morgan fingerprint density at radius 3 is 2.42 bits per heavy atom. The van der Waals surface area contributed by atoms with Gasteiger partial charge in [-0.3, -0.25) is 4.90 Å². The molecule has 1 aromatic carbocycles. The quantitative estimate of drug-likeness (QED) is 0.822. The Balaban J connectivity index is 2.93. The van der Waals surface area contributed by atoms with Gasteiger partial charge in [0.2, 0.25) is 0 Å². The molecule has 0 heterocycles. The molecule has 0 radical (unpaired) electrons. The second-order valence-corrected chi connectivity index (χ2v) is 5.90. The number of halogens is 1. The van der Waals surface area contributed by atoms with Crippen molar-refractivity contribution in [1.29, 1.82) is 0 Å². The summed E-state index contributed by atoms with van der Waals surface area (Å²) in [4.78, 5) is 2.37. The van der Waals surface area contributed by atoms with Crippen molar-refractivity contribution in [3.8, 4) is 0 Å². The number of likely N-dealkylation sites (N-methyl/N-ethyl adjacent to an activating group) is 1. The van der Waals surface area contributed by atoms with Gasteiger partial charge < -0.3 is 5.73 Å². The smallest absolute Gasteiger partial charge is 0.126 e. The Morgan fingerprint density at radius 1 is 1.32 bits per heavy atom. The summed E-state index contributed by atoms with van der Waals surface area (Å²) in [5.74, 6) is 0.439. The van der Waals surface area contributed by atoms with E-state index in [1.54, 1.807) is 6.07 Å². The molecule has 2 N–H and O–H groups in total. The highest BCUT2D eigenvalue weighted by Gasteiger charge is 2.30. The predicted octanol–water partition coefficient (Wildman–Crippen LogP) is 3.06. The van der Waals surface area contributed by atoms with Crippen LogP contribution in [-0.4, -0.2) is 30.1 Å². The molecule has 1 aromatic rings. The van der Waals surface area contributed by atoms with Crippen molar-refractivity contribution in [2.75, 3.05) is 19.6 Å². The Morgan fingerprint density at radius 2 is 1.95 bits per heavy atom. The molecule has 19 heavy (non-hydrogen) atoms. The fraction of sp³-hybridized carbons (Fsp3) is 0.625. The first-order valence-corrected chi connectivity index (χ1v) is 7.11. The van der Waals surface area contributed by atoms with Gasteiger partial charge in [0.25, 0.3) is 0 Å². The highest BCUT2D eigenvalue weighted by Crippen LogP contribution is 2.22. The minimum Gasteiger partial charge on any atom is -0.329 e. The van der Waals surface area contributed by atoms with Gasteiger partial charge in [-0.05, 0) is 37.4 Å². The van der Waals surface area contributed by atoms with Crippen molar-refractivity contribution in [2.24, 2.45) is 11.7 Å². The molecule has 0 saturated carbocycles. The molecule has 1 rings (SSSR count). The van der Waals surface area contributed by atoms with E-state index in [-0.39, 0.29) is 11.4 Å². The van der Waals surface area contributed by atoms with Gasteiger partial charge >= 0.3 is 0 Å². The fourth-order valence-corrected chi connectivity index (χ4v) is 2.54. The lowest BCUT2D eigenvalue weighted by atomic mass is 9.89. The predicted molar refractivity (Wildman–Crippen MR) is 79.6 cm³/mol. The molecule has 0 saturated heterocycles. The van der Waals surface area contributed by atoms with Crippen molar-refractivity contribution in [3.63, 3.8) is 0 Å². The van der Waals surface area contributed by atoms with Crippen LogP contribution in [0.25, 0.3) is 0 Å². The van der Waals surface area contributed by atoms with Gasteiger partial charge in [-0.25, -0.2) is 4.39 Å². The van der Waals surface area contributed by atoms with Crippen LogP contribution in [0.3, 0.4) is 0 Å². The van der Waals surface area contributed by atoms with Gasteiger partial charge in [0.05, 0.1) is 0 Å². The Labute approximate surface area is 116 Å². The first-order chi connectivity index (χ1) is 8.92. The lowest BCUT2D eigenvalue weighted by Gasteiger charge is -2.41. The van der Waals surface area contributed by atoms with Crippen molar-refractivity contribution >= 4 is 0 Å². The van der Waals surface area contributed by atoms with Crippen LogP contribution in [0.5, 0.6) is 0 Å². The van der Waals surface area contributed by atoms with Crippen molar-refractivity contribution in [3.05, 3.63) is 35.6 Å². The van der Waals surface area contributed by atoms with Gasteiger partial charge in [0.15, 0.2) is 0 Å². The number of nitrogens with two attached hydrogens (primary N) is 1. The van der Waals surface area contributed by atoms with Crippen LogP contribution in [0.4, 0.5) is 4.39 Å². The molecule has 0 aliphatic rings. The molecule has 0 aliphatic heterocycles. The monoisotopic (exact) mass is 266 g/mol. The molecule has 0 aromatic heterocycles. The maximum atomic E-state index is 13.8. The Hall–Kier alpha value is -0.930. The van der Waals surface area contributed by atoms with E-state index in [0.717, 1.165) is 18.7 Å².